The Bertz CT molecular complexity index is 964. The van der Waals surface area contributed by atoms with Crippen molar-refractivity contribution in [1.82, 2.24) is 0 Å². The first-order valence-electron chi connectivity index (χ1n) is 8.73. The number of benzene rings is 2. The van der Waals surface area contributed by atoms with Crippen LogP contribution >= 0.6 is 7.72 Å². The summed E-state index contributed by atoms with van der Waals surface area (Å²) in [5, 5.41) is 18.2. The predicted octanol–water partition coefficient (Wildman–Crippen LogP) is 2.40. The predicted molar refractivity (Wildman–Crippen MR) is 110 cm³/mol. The Morgan fingerprint density at radius 2 is 1.63 bits per heavy atom. The fraction of sp³-hybridized carbons (Fsp3) is 0.211. The summed E-state index contributed by atoms with van der Waals surface area (Å²) in [6.07, 6.45) is -1.38. The minimum absolute atomic E-state index is 0.0328. The number of rotatable bonds is 10. The van der Waals surface area contributed by atoms with E-state index < -0.39 is 49.2 Å². The van der Waals surface area contributed by atoms with Crippen molar-refractivity contribution >= 4 is 41.9 Å². The number of nitrogens with zero attached hydrogens (tertiary/aromatic N) is 1. The SMILES string of the molecule is O=C(O)CCC(C[P+](O)(O)C(=Nc1ccccc1S(=O)[O-])c1ccccc1)C(=O)O. The maximum absolute atomic E-state index is 11.5. The molecule has 4 N–H and O–H groups in total. The molecule has 0 aliphatic heterocycles. The second-order valence-corrected chi connectivity index (χ2v) is 9.54. The highest BCUT2D eigenvalue weighted by molar-refractivity contribution is 7.82. The average molecular weight is 453 g/mol. The van der Waals surface area contributed by atoms with Gasteiger partial charge in [0.1, 0.15) is 6.16 Å². The van der Waals surface area contributed by atoms with Crippen molar-refractivity contribution in [1.29, 1.82) is 0 Å². The number of carboxylic acids is 2. The lowest BCUT2D eigenvalue weighted by molar-refractivity contribution is -0.142. The Balaban J connectivity index is 2.53. The Morgan fingerprint density at radius 3 is 2.20 bits per heavy atom. The summed E-state index contributed by atoms with van der Waals surface area (Å²) in [7, 11) is -4.18. The molecule has 0 heterocycles. The van der Waals surface area contributed by atoms with Gasteiger partial charge in [0.25, 0.3) is 0 Å². The molecule has 11 heteroatoms. The molecular formula is C19H20NO8PS. The summed E-state index contributed by atoms with van der Waals surface area (Å²) in [5.41, 5.74) is 0.00170. The minimum Gasteiger partial charge on any atom is -0.768 e. The lowest BCUT2D eigenvalue weighted by Crippen LogP contribution is -2.24. The zero-order chi connectivity index (χ0) is 22.3. The van der Waals surface area contributed by atoms with Gasteiger partial charge < -0.3 is 14.8 Å². The fourth-order valence-electron chi connectivity index (χ4n) is 2.73. The Kier molecular flexibility index (Phi) is 8.33. The van der Waals surface area contributed by atoms with Crippen LogP contribution in [0.4, 0.5) is 5.69 Å². The zero-order valence-electron chi connectivity index (χ0n) is 15.6. The molecule has 2 unspecified atom stereocenters. The van der Waals surface area contributed by atoms with Gasteiger partial charge in [-0.2, -0.15) is 0 Å². The standard InChI is InChI=1S/C19H20NO8PS/c21-17(22)11-10-14(19(23)24)12-29(25,26)18(13-6-2-1-3-7-13)20-15-8-4-5-9-16(15)30(27)28/h1-9,14,25-26H,10-12H2,(H2-,21,22,23,24,27,28). The number of hydrogen-bond acceptors (Lipinski definition) is 7. The van der Waals surface area contributed by atoms with Crippen LogP contribution in [0.25, 0.3) is 0 Å². The van der Waals surface area contributed by atoms with E-state index in [4.69, 9.17) is 5.11 Å². The molecule has 0 saturated carbocycles. The van der Waals surface area contributed by atoms with Gasteiger partial charge >= 0.3 is 19.7 Å². The van der Waals surface area contributed by atoms with Gasteiger partial charge in [-0.15, -0.1) is 0 Å². The highest BCUT2D eigenvalue weighted by atomic mass is 32.2. The molecule has 0 aliphatic carbocycles. The monoisotopic (exact) mass is 453 g/mol. The molecule has 0 spiro atoms. The van der Waals surface area contributed by atoms with Crippen molar-refractivity contribution in [3.05, 3.63) is 60.2 Å². The van der Waals surface area contributed by atoms with E-state index in [1.165, 1.54) is 36.4 Å². The van der Waals surface area contributed by atoms with Crippen LogP contribution in [0.1, 0.15) is 18.4 Å². The summed E-state index contributed by atoms with van der Waals surface area (Å²) >= 11 is -2.63. The average Bonchev–Trinajstić information content (AvgIpc) is 2.69. The lowest BCUT2D eigenvalue weighted by Gasteiger charge is -2.19. The summed E-state index contributed by atoms with van der Waals surface area (Å²) < 4.78 is 23.0. The molecule has 0 aliphatic rings. The molecule has 0 bridgehead atoms. The van der Waals surface area contributed by atoms with Gasteiger partial charge in [-0.25, -0.2) is 14.8 Å². The molecule has 0 amide bonds. The minimum atomic E-state index is -4.18. The molecule has 2 rings (SSSR count). The first-order chi connectivity index (χ1) is 14.1. The first-order valence-corrected chi connectivity index (χ1v) is 11.7. The van der Waals surface area contributed by atoms with Gasteiger partial charge in [0.2, 0.25) is 5.45 Å². The van der Waals surface area contributed by atoms with E-state index in [1.54, 1.807) is 18.2 Å². The van der Waals surface area contributed by atoms with Crippen LogP contribution in [0, 0.1) is 5.92 Å². The van der Waals surface area contributed by atoms with E-state index in [1.807, 2.05) is 0 Å². The van der Waals surface area contributed by atoms with Crippen LogP contribution in [0.5, 0.6) is 0 Å². The summed E-state index contributed by atoms with van der Waals surface area (Å²) in [4.78, 5) is 48.1. The van der Waals surface area contributed by atoms with Crippen molar-refractivity contribution in [2.24, 2.45) is 10.9 Å². The van der Waals surface area contributed by atoms with Crippen molar-refractivity contribution in [2.45, 2.75) is 17.7 Å². The Labute approximate surface area is 175 Å². The van der Waals surface area contributed by atoms with Crippen molar-refractivity contribution < 1.29 is 38.4 Å². The van der Waals surface area contributed by atoms with Crippen molar-refractivity contribution in [3.63, 3.8) is 0 Å². The summed E-state index contributed by atoms with van der Waals surface area (Å²) in [6, 6.07) is 13.7. The quantitative estimate of drug-likeness (QED) is 0.242. The number of aliphatic carboxylic acids is 2. The number of carbonyl (C=O) groups is 2. The molecule has 2 aromatic carbocycles. The largest absolute Gasteiger partial charge is 0.768 e. The second kappa shape index (κ2) is 10.5. The Hall–Kier alpha value is -2.49. The maximum atomic E-state index is 11.5. The Morgan fingerprint density at radius 1 is 1.03 bits per heavy atom. The van der Waals surface area contributed by atoms with Gasteiger partial charge in [-0.05, 0) is 41.8 Å². The molecule has 9 nitrogen and oxygen atoms in total. The highest BCUT2D eigenvalue weighted by Gasteiger charge is 2.46. The lowest BCUT2D eigenvalue weighted by atomic mass is 10.1. The highest BCUT2D eigenvalue weighted by Crippen LogP contribution is 2.56. The third kappa shape index (κ3) is 6.51. The van der Waals surface area contributed by atoms with Gasteiger partial charge in [0.05, 0.1) is 16.5 Å². The number of hydrogen-bond donors (Lipinski definition) is 4. The van der Waals surface area contributed by atoms with Crippen LogP contribution in [0.3, 0.4) is 0 Å². The van der Waals surface area contributed by atoms with Crippen LogP contribution in [0.2, 0.25) is 0 Å². The number of carboxylic acid groups (broad SMARTS) is 2. The van der Waals surface area contributed by atoms with E-state index in [2.05, 4.69) is 4.99 Å². The van der Waals surface area contributed by atoms with E-state index >= 15 is 0 Å². The molecule has 160 valence electrons. The third-order valence-electron chi connectivity index (χ3n) is 4.17. The molecule has 0 fully saturated rings. The topological polar surface area (TPSA) is 168 Å². The molecular weight excluding hydrogens is 433 g/mol. The van der Waals surface area contributed by atoms with Gasteiger partial charge in [0.15, 0.2) is 0 Å². The fourth-order valence-corrected chi connectivity index (χ4v) is 5.16. The van der Waals surface area contributed by atoms with E-state index in [9.17, 15) is 33.2 Å². The van der Waals surface area contributed by atoms with E-state index in [0.29, 0.717) is 0 Å². The van der Waals surface area contributed by atoms with Gasteiger partial charge in [0, 0.05) is 12.0 Å². The van der Waals surface area contributed by atoms with E-state index in [-0.39, 0.29) is 28.0 Å². The molecule has 0 aromatic heterocycles. The molecule has 2 aromatic rings. The van der Waals surface area contributed by atoms with Crippen LogP contribution in [0.15, 0.2) is 64.5 Å². The van der Waals surface area contributed by atoms with Crippen LogP contribution < -0.4 is 0 Å². The maximum Gasteiger partial charge on any atom is 0.320 e. The molecule has 2 atom stereocenters. The smallest absolute Gasteiger partial charge is 0.320 e. The first kappa shape index (κ1) is 23.8. The number of aliphatic imine (C=N–C) groups is 1. The number of para-hydroxylation sites is 1. The van der Waals surface area contributed by atoms with E-state index in [0.717, 1.165) is 0 Å². The van der Waals surface area contributed by atoms with Crippen LogP contribution in [-0.2, 0) is 20.7 Å². The molecule has 30 heavy (non-hydrogen) atoms. The second-order valence-electron chi connectivity index (χ2n) is 6.38. The van der Waals surface area contributed by atoms with Crippen molar-refractivity contribution in [2.75, 3.05) is 6.16 Å². The third-order valence-corrected chi connectivity index (χ3v) is 6.86. The van der Waals surface area contributed by atoms with Gasteiger partial charge in [-0.3, -0.25) is 13.8 Å². The summed E-state index contributed by atoms with van der Waals surface area (Å²) in [6.45, 7) is 0. The zero-order valence-corrected chi connectivity index (χ0v) is 17.3. The van der Waals surface area contributed by atoms with Crippen molar-refractivity contribution in [3.8, 4) is 0 Å². The molecule has 0 saturated heterocycles. The normalized spacial score (nSPS) is 14.2. The van der Waals surface area contributed by atoms with Gasteiger partial charge in [-0.1, -0.05) is 30.3 Å². The molecule has 0 radical (unpaired) electrons. The summed E-state index contributed by atoms with van der Waals surface area (Å²) in [5.74, 6) is -3.90. The van der Waals surface area contributed by atoms with Crippen LogP contribution in [-0.4, -0.2) is 52.3 Å².